The van der Waals surface area contributed by atoms with Gasteiger partial charge < -0.3 is 25.6 Å². The van der Waals surface area contributed by atoms with Crippen LogP contribution >= 0.6 is 23.2 Å². The van der Waals surface area contributed by atoms with Crippen LogP contribution in [0, 0.1) is 11.3 Å². The van der Waals surface area contributed by atoms with Crippen LogP contribution in [0.3, 0.4) is 0 Å². The molecule has 10 heteroatoms. The summed E-state index contributed by atoms with van der Waals surface area (Å²) in [6.07, 6.45) is 0.141. The van der Waals surface area contributed by atoms with Gasteiger partial charge in [0.05, 0.1) is 33.9 Å². The van der Waals surface area contributed by atoms with E-state index in [0.29, 0.717) is 32.7 Å². The summed E-state index contributed by atoms with van der Waals surface area (Å²) in [4.78, 5) is 0. The van der Waals surface area contributed by atoms with Crippen LogP contribution in [-0.2, 0) is 0 Å². The average molecular weight is 473 g/mol. The lowest BCUT2D eigenvalue weighted by Crippen LogP contribution is -2.13. The molecule has 0 unspecified atom stereocenters. The smallest absolute Gasteiger partial charge is 0.170 e. The molecule has 0 amide bonds. The Morgan fingerprint density at radius 2 is 1.42 bits per heavy atom. The van der Waals surface area contributed by atoms with E-state index in [9.17, 15) is 0 Å². The van der Waals surface area contributed by atoms with Crippen LogP contribution in [0.2, 0.25) is 10.0 Å². The van der Waals surface area contributed by atoms with Crippen molar-refractivity contribution in [2.75, 3.05) is 0 Å². The minimum atomic E-state index is 0. The van der Waals surface area contributed by atoms with E-state index < -0.39 is 0 Å². The Kier molecular flexibility index (Phi) is 15.8. The summed E-state index contributed by atoms with van der Waals surface area (Å²) in [5, 5.41) is 27.4. The number of nitrogens with two attached hydrogens (primary N) is 2. The molecule has 8 nitrogen and oxygen atoms in total. The van der Waals surface area contributed by atoms with Crippen molar-refractivity contribution in [3.63, 3.8) is 0 Å². The molecule has 6 N–H and O–H groups in total. The fraction of sp³-hybridized carbons (Fsp3) is 0.333. The zero-order chi connectivity index (χ0) is 23.3. The van der Waals surface area contributed by atoms with Crippen molar-refractivity contribution in [1.29, 1.82) is 5.26 Å². The Hall–Kier alpha value is -2.70. The maximum atomic E-state index is 8.59. The van der Waals surface area contributed by atoms with Crippen LogP contribution in [0.25, 0.3) is 0 Å². The molecule has 0 aliphatic heterocycles. The molecule has 31 heavy (non-hydrogen) atoms. The van der Waals surface area contributed by atoms with Crippen molar-refractivity contribution in [2.45, 2.75) is 47.3 Å². The van der Waals surface area contributed by atoms with Gasteiger partial charge in [-0.15, -0.1) is 0 Å². The summed E-state index contributed by atoms with van der Waals surface area (Å²) in [5.74, 6) is 4.73. The predicted octanol–water partition coefficient (Wildman–Crippen LogP) is 5.19. The molecular formula is C21H30Cl2N4O4. The lowest BCUT2D eigenvalue weighted by molar-refractivity contribution is 0.242. The molecule has 0 bridgehead atoms. The molecule has 0 spiro atoms. The van der Waals surface area contributed by atoms with E-state index in [1.807, 2.05) is 33.8 Å². The van der Waals surface area contributed by atoms with Gasteiger partial charge in [-0.05, 0) is 64.1 Å². The lowest BCUT2D eigenvalue weighted by Gasteiger charge is -2.11. The van der Waals surface area contributed by atoms with Crippen molar-refractivity contribution in [2.24, 2.45) is 16.8 Å². The van der Waals surface area contributed by atoms with Crippen LogP contribution in [0.4, 0.5) is 0 Å². The second kappa shape index (κ2) is 16.1. The maximum absolute atomic E-state index is 8.59. The molecule has 0 fully saturated rings. The van der Waals surface area contributed by atoms with Gasteiger partial charge in [0, 0.05) is 5.56 Å². The second-order valence-electron chi connectivity index (χ2n) is 6.22. The summed E-state index contributed by atoms with van der Waals surface area (Å²) in [6, 6.07) is 12.0. The molecule has 2 aromatic rings. The number of nitriles is 1. The molecule has 0 aromatic heterocycles. The van der Waals surface area contributed by atoms with Gasteiger partial charge in [0.1, 0.15) is 11.5 Å². The summed E-state index contributed by atoms with van der Waals surface area (Å²) in [7, 11) is 0. The number of benzene rings is 2. The van der Waals surface area contributed by atoms with Crippen LogP contribution in [0.5, 0.6) is 11.5 Å². The first-order chi connectivity index (χ1) is 14.2. The van der Waals surface area contributed by atoms with E-state index in [-0.39, 0.29) is 25.5 Å². The molecule has 2 rings (SSSR count). The Morgan fingerprint density at radius 1 is 0.968 bits per heavy atom. The third kappa shape index (κ3) is 11.3. The van der Waals surface area contributed by atoms with E-state index in [1.54, 1.807) is 36.4 Å². The molecule has 0 heterocycles. The van der Waals surface area contributed by atoms with Gasteiger partial charge in [-0.2, -0.15) is 5.26 Å². The number of ether oxygens (including phenoxy) is 2. The number of hydrogen-bond acceptors (Lipinski definition) is 7. The fourth-order valence-corrected chi connectivity index (χ4v) is 2.44. The number of amidine groups is 1. The first kappa shape index (κ1) is 30.5. The van der Waals surface area contributed by atoms with Gasteiger partial charge in [0.15, 0.2) is 5.84 Å². The van der Waals surface area contributed by atoms with E-state index in [1.165, 1.54) is 0 Å². The Balaban J connectivity index is 0. The van der Waals surface area contributed by atoms with Crippen molar-refractivity contribution in [3.8, 4) is 17.6 Å². The third-order valence-corrected chi connectivity index (χ3v) is 3.71. The molecular weight excluding hydrogens is 443 g/mol. The van der Waals surface area contributed by atoms with Gasteiger partial charge in [-0.1, -0.05) is 35.8 Å². The topological polar surface area (TPSA) is 147 Å². The lowest BCUT2D eigenvalue weighted by atomic mass is 10.2. The van der Waals surface area contributed by atoms with Crippen LogP contribution in [0.1, 0.15) is 46.2 Å². The molecule has 0 saturated carbocycles. The quantitative estimate of drug-likeness (QED) is 0.202. The van der Waals surface area contributed by atoms with Gasteiger partial charge >= 0.3 is 0 Å². The van der Waals surface area contributed by atoms with Crippen LogP contribution in [-0.4, -0.2) is 28.5 Å². The number of halogens is 2. The summed E-state index contributed by atoms with van der Waals surface area (Å²) < 4.78 is 10.8. The number of nitrogens with zero attached hydrogens (tertiary/aromatic N) is 2. The monoisotopic (exact) mass is 472 g/mol. The standard InChI is InChI=1S/C10H13ClN2O2.C10H10ClNO.CH4.H3NO/c1-6(2)15-9-4-3-7(5-8(9)11)10(12)13-14;1-7(2)13-10-4-3-8(6-12)5-9(10)11;;1-2/h3-6,14H,1-2H3,(H2,12,13);3-5,7H,1-2H3;1H4;2H,1H2. The molecule has 2 aromatic carbocycles. The SMILES string of the molecule is C.CC(C)Oc1ccc(/C(N)=N/O)cc1Cl.CC(C)Oc1ccc(C#N)cc1Cl.NO. The first-order valence-corrected chi connectivity index (χ1v) is 9.49. The molecule has 0 aliphatic rings. The van der Waals surface area contributed by atoms with E-state index in [4.69, 9.17) is 54.1 Å². The average Bonchev–Trinajstić information content (AvgIpc) is 2.71. The Morgan fingerprint density at radius 3 is 1.77 bits per heavy atom. The third-order valence-electron chi connectivity index (χ3n) is 3.12. The highest BCUT2D eigenvalue weighted by Crippen LogP contribution is 2.27. The normalized spacial score (nSPS) is 10.0. The van der Waals surface area contributed by atoms with Gasteiger partial charge in [-0.3, -0.25) is 0 Å². The number of oxime groups is 1. The van der Waals surface area contributed by atoms with E-state index in [0.717, 1.165) is 0 Å². The molecule has 0 atom stereocenters. The minimum absolute atomic E-state index is 0. The highest BCUT2D eigenvalue weighted by molar-refractivity contribution is 6.32. The van der Waals surface area contributed by atoms with E-state index in [2.05, 4.69) is 11.1 Å². The van der Waals surface area contributed by atoms with Crippen molar-refractivity contribution < 1.29 is 19.9 Å². The Labute approximate surface area is 193 Å². The first-order valence-electron chi connectivity index (χ1n) is 8.74. The van der Waals surface area contributed by atoms with Gasteiger partial charge in [-0.25, -0.2) is 5.90 Å². The zero-order valence-electron chi connectivity index (χ0n) is 17.1. The molecule has 172 valence electrons. The molecule has 0 saturated heterocycles. The van der Waals surface area contributed by atoms with Gasteiger partial charge in [0.2, 0.25) is 0 Å². The second-order valence-corrected chi connectivity index (χ2v) is 7.04. The molecule has 0 aliphatic carbocycles. The number of rotatable bonds is 5. The summed E-state index contributed by atoms with van der Waals surface area (Å²) >= 11 is 11.8. The highest BCUT2D eigenvalue weighted by atomic mass is 35.5. The highest BCUT2D eigenvalue weighted by Gasteiger charge is 2.07. The predicted molar refractivity (Wildman–Crippen MR) is 124 cm³/mol. The number of hydrogen-bond donors (Lipinski definition) is 4. The van der Waals surface area contributed by atoms with Crippen molar-refractivity contribution >= 4 is 29.0 Å². The van der Waals surface area contributed by atoms with Crippen LogP contribution < -0.4 is 21.1 Å². The zero-order valence-corrected chi connectivity index (χ0v) is 18.6. The largest absolute Gasteiger partial charge is 0.489 e. The van der Waals surface area contributed by atoms with Crippen molar-refractivity contribution in [3.05, 3.63) is 57.6 Å². The minimum Gasteiger partial charge on any atom is -0.489 e. The fourth-order valence-electron chi connectivity index (χ4n) is 1.99. The maximum Gasteiger partial charge on any atom is 0.170 e. The summed E-state index contributed by atoms with van der Waals surface area (Å²) in [5.41, 5.74) is 6.51. The van der Waals surface area contributed by atoms with Crippen molar-refractivity contribution in [1.82, 2.24) is 0 Å². The van der Waals surface area contributed by atoms with E-state index >= 15 is 0 Å². The summed E-state index contributed by atoms with van der Waals surface area (Å²) in [6.45, 7) is 7.67. The van der Waals surface area contributed by atoms with Crippen LogP contribution in [0.15, 0.2) is 41.6 Å². The molecule has 0 radical (unpaired) electrons. The Bertz CT molecular complexity index is 869. The van der Waals surface area contributed by atoms with Gasteiger partial charge in [0.25, 0.3) is 0 Å².